The van der Waals surface area contributed by atoms with Crippen molar-refractivity contribution in [2.45, 2.75) is 63.2 Å². The zero-order chi connectivity index (χ0) is 19.0. The molecule has 1 aliphatic carbocycles. The van der Waals surface area contributed by atoms with Gasteiger partial charge in [0.25, 0.3) is 5.56 Å². The molecule has 6 heteroatoms. The first kappa shape index (κ1) is 18.5. The van der Waals surface area contributed by atoms with Crippen LogP contribution in [-0.4, -0.2) is 56.2 Å². The van der Waals surface area contributed by atoms with Crippen molar-refractivity contribution in [3.8, 4) is 5.69 Å². The minimum Gasteiger partial charge on any atom is -0.391 e. The van der Waals surface area contributed by atoms with Crippen molar-refractivity contribution in [3.63, 3.8) is 0 Å². The van der Waals surface area contributed by atoms with Crippen molar-refractivity contribution in [1.82, 2.24) is 14.7 Å². The van der Waals surface area contributed by atoms with Gasteiger partial charge in [0.15, 0.2) is 0 Å². The fourth-order valence-corrected chi connectivity index (χ4v) is 4.71. The number of hydrogen-bond acceptors (Lipinski definition) is 4. The van der Waals surface area contributed by atoms with Gasteiger partial charge in [0.2, 0.25) is 0 Å². The van der Waals surface area contributed by atoms with Crippen molar-refractivity contribution in [3.05, 3.63) is 51.9 Å². The molecule has 3 N–H and O–H groups in total. The second kappa shape index (κ2) is 7.62. The Morgan fingerprint density at radius 3 is 2.37 bits per heavy atom. The summed E-state index contributed by atoms with van der Waals surface area (Å²) in [4.78, 5) is 15.4. The first-order chi connectivity index (χ1) is 13.1. The number of piperidine rings is 1. The number of rotatable bonds is 5. The summed E-state index contributed by atoms with van der Waals surface area (Å²) >= 11 is 0. The Kier molecular flexibility index (Phi) is 5.21. The van der Waals surface area contributed by atoms with Gasteiger partial charge < -0.3 is 10.2 Å². The van der Waals surface area contributed by atoms with Crippen molar-refractivity contribution < 1.29 is 10.2 Å². The lowest BCUT2D eigenvalue weighted by Crippen LogP contribution is -2.66. The van der Waals surface area contributed by atoms with Crippen LogP contribution in [-0.2, 0) is 6.42 Å². The SMILES string of the molecule is CCCc1[nH]n(-c2ccccc2)c(=O)c1C1C(O)C(N2CCCCC2)C1O. The lowest BCUT2D eigenvalue weighted by Gasteiger charge is -2.52. The zero-order valence-electron chi connectivity index (χ0n) is 15.8. The summed E-state index contributed by atoms with van der Waals surface area (Å²) < 4.78 is 1.54. The van der Waals surface area contributed by atoms with Gasteiger partial charge in [-0.2, -0.15) is 0 Å². The molecule has 146 valence electrons. The van der Waals surface area contributed by atoms with Gasteiger partial charge >= 0.3 is 0 Å². The number of nitrogens with zero attached hydrogens (tertiary/aromatic N) is 2. The van der Waals surface area contributed by atoms with Gasteiger partial charge in [0, 0.05) is 17.2 Å². The van der Waals surface area contributed by atoms with Gasteiger partial charge in [-0.25, -0.2) is 4.68 Å². The molecule has 2 atom stereocenters. The van der Waals surface area contributed by atoms with Gasteiger partial charge in [-0.15, -0.1) is 0 Å². The van der Waals surface area contributed by atoms with Crippen LogP contribution in [0.15, 0.2) is 35.1 Å². The number of aliphatic hydroxyl groups excluding tert-OH is 2. The van der Waals surface area contributed by atoms with Crippen LogP contribution < -0.4 is 5.56 Å². The summed E-state index contributed by atoms with van der Waals surface area (Å²) in [5, 5.41) is 25.0. The number of nitrogens with one attached hydrogen (secondary N) is 1. The molecule has 2 aliphatic rings. The van der Waals surface area contributed by atoms with E-state index in [2.05, 4.69) is 16.9 Å². The third-order valence-electron chi connectivity index (χ3n) is 6.10. The molecule has 4 rings (SSSR count). The lowest BCUT2D eigenvalue weighted by molar-refractivity contribution is -0.139. The molecule has 0 bridgehead atoms. The topological polar surface area (TPSA) is 81.5 Å². The van der Waals surface area contributed by atoms with Crippen molar-refractivity contribution >= 4 is 0 Å². The monoisotopic (exact) mass is 371 g/mol. The number of aromatic nitrogens is 2. The summed E-state index contributed by atoms with van der Waals surface area (Å²) in [6.07, 6.45) is 3.60. The van der Waals surface area contributed by atoms with Crippen LogP contribution in [0.4, 0.5) is 0 Å². The lowest BCUT2D eigenvalue weighted by atomic mass is 9.68. The number of aliphatic hydroxyl groups is 2. The van der Waals surface area contributed by atoms with E-state index in [4.69, 9.17) is 0 Å². The van der Waals surface area contributed by atoms with Gasteiger partial charge in [0.1, 0.15) is 0 Å². The molecule has 27 heavy (non-hydrogen) atoms. The quantitative estimate of drug-likeness (QED) is 0.749. The molecule has 1 saturated heterocycles. The van der Waals surface area contributed by atoms with E-state index < -0.39 is 18.1 Å². The average Bonchev–Trinajstić information content (AvgIpc) is 3.00. The number of hydrogen-bond donors (Lipinski definition) is 3. The Morgan fingerprint density at radius 1 is 1.07 bits per heavy atom. The molecular formula is C21H29N3O3. The van der Waals surface area contributed by atoms with E-state index in [1.807, 2.05) is 30.3 Å². The van der Waals surface area contributed by atoms with E-state index in [1.165, 1.54) is 11.1 Å². The summed E-state index contributed by atoms with van der Waals surface area (Å²) in [5.74, 6) is -0.521. The maximum Gasteiger partial charge on any atom is 0.275 e. The molecule has 6 nitrogen and oxygen atoms in total. The van der Waals surface area contributed by atoms with Crippen molar-refractivity contribution in [2.75, 3.05) is 13.1 Å². The molecular weight excluding hydrogens is 342 g/mol. The number of aromatic amines is 1. The molecule has 1 aromatic carbocycles. The largest absolute Gasteiger partial charge is 0.391 e. The van der Waals surface area contributed by atoms with Gasteiger partial charge in [0.05, 0.1) is 23.9 Å². The van der Waals surface area contributed by atoms with Crippen LogP contribution in [0, 0.1) is 0 Å². The van der Waals surface area contributed by atoms with Crippen LogP contribution >= 0.6 is 0 Å². The Hall–Kier alpha value is -1.89. The van der Waals surface area contributed by atoms with E-state index in [9.17, 15) is 15.0 Å². The Bertz CT molecular complexity index is 813. The maximum atomic E-state index is 13.2. The smallest absolute Gasteiger partial charge is 0.275 e. The molecule has 2 unspecified atom stereocenters. The molecule has 0 radical (unpaired) electrons. The summed E-state index contributed by atoms with van der Waals surface area (Å²) in [6, 6.07) is 9.18. The molecule has 2 aromatic rings. The zero-order valence-corrected chi connectivity index (χ0v) is 15.8. The standard InChI is InChI=1S/C21H29N3O3/c1-2-9-15-16(21(27)24(22-15)14-10-5-3-6-11-14)17-19(25)18(20(17)26)23-12-7-4-8-13-23/h3,5-6,10-11,17-20,22,25-26H,2,4,7-9,12-13H2,1H3. The molecule has 1 aliphatic heterocycles. The maximum absolute atomic E-state index is 13.2. The highest BCUT2D eigenvalue weighted by molar-refractivity contribution is 5.37. The number of aryl methyl sites for hydroxylation is 1. The van der Waals surface area contributed by atoms with Crippen LogP contribution in [0.2, 0.25) is 0 Å². The van der Waals surface area contributed by atoms with Gasteiger partial charge in [-0.1, -0.05) is 38.0 Å². The first-order valence-electron chi connectivity index (χ1n) is 10.1. The number of para-hydroxylation sites is 1. The second-order valence-corrected chi connectivity index (χ2v) is 7.82. The highest BCUT2D eigenvalue weighted by Crippen LogP contribution is 2.41. The predicted molar refractivity (Wildman–Crippen MR) is 104 cm³/mol. The molecule has 0 spiro atoms. The van der Waals surface area contributed by atoms with Crippen LogP contribution in [0.1, 0.15) is 49.8 Å². The molecule has 2 fully saturated rings. The Morgan fingerprint density at radius 2 is 1.74 bits per heavy atom. The molecule has 0 amide bonds. The number of H-pyrrole nitrogens is 1. The highest BCUT2D eigenvalue weighted by Gasteiger charge is 2.54. The van der Waals surface area contributed by atoms with Crippen LogP contribution in [0.3, 0.4) is 0 Å². The third-order valence-corrected chi connectivity index (χ3v) is 6.10. The van der Waals surface area contributed by atoms with E-state index >= 15 is 0 Å². The van der Waals surface area contributed by atoms with E-state index in [0.29, 0.717) is 12.0 Å². The minimum atomic E-state index is -0.707. The first-order valence-corrected chi connectivity index (χ1v) is 10.1. The van der Waals surface area contributed by atoms with E-state index in [-0.39, 0.29) is 11.6 Å². The molecule has 1 saturated carbocycles. The van der Waals surface area contributed by atoms with Crippen molar-refractivity contribution in [1.29, 1.82) is 0 Å². The average molecular weight is 371 g/mol. The summed E-state index contributed by atoms with van der Waals surface area (Å²) in [7, 11) is 0. The fourth-order valence-electron chi connectivity index (χ4n) is 4.71. The normalized spacial score (nSPS) is 28.9. The predicted octanol–water partition coefficient (Wildman–Crippen LogP) is 1.79. The van der Waals surface area contributed by atoms with Crippen LogP contribution in [0.25, 0.3) is 5.69 Å². The van der Waals surface area contributed by atoms with Gasteiger partial charge in [-0.05, 0) is 44.5 Å². The highest BCUT2D eigenvalue weighted by atomic mass is 16.3. The summed E-state index contributed by atoms with van der Waals surface area (Å²) in [6.45, 7) is 3.88. The van der Waals surface area contributed by atoms with E-state index in [1.54, 1.807) is 0 Å². The van der Waals surface area contributed by atoms with Crippen molar-refractivity contribution in [2.24, 2.45) is 0 Å². The molecule has 1 aromatic heterocycles. The van der Waals surface area contributed by atoms with Crippen LogP contribution in [0.5, 0.6) is 0 Å². The number of benzene rings is 1. The molecule has 2 heterocycles. The van der Waals surface area contributed by atoms with E-state index in [0.717, 1.165) is 43.7 Å². The Balaban J connectivity index is 1.67. The second-order valence-electron chi connectivity index (χ2n) is 7.82. The van der Waals surface area contributed by atoms with Gasteiger partial charge in [-0.3, -0.25) is 14.8 Å². The third kappa shape index (κ3) is 3.16. The fraction of sp³-hybridized carbons (Fsp3) is 0.571. The number of likely N-dealkylation sites (tertiary alicyclic amines) is 1. The summed E-state index contributed by atoms with van der Waals surface area (Å²) in [5.41, 5.74) is 1.98. The Labute approximate surface area is 159 Å². The minimum absolute atomic E-state index is 0.162.